The van der Waals surface area contributed by atoms with Gasteiger partial charge < -0.3 is 15.5 Å². The number of nitrogens with zero attached hydrogens (tertiary/aromatic N) is 1. The topological polar surface area (TPSA) is 78.5 Å². The summed E-state index contributed by atoms with van der Waals surface area (Å²) >= 11 is 1.27. The first kappa shape index (κ1) is 16.5. The molecule has 1 heterocycles. The van der Waals surface area contributed by atoms with Crippen molar-refractivity contribution in [2.24, 2.45) is 5.92 Å². The molecule has 0 saturated heterocycles. The molecule has 0 radical (unpaired) electrons. The van der Waals surface area contributed by atoms with Crippen LogP contribution in [0.4, 0.5) is 5.00 Å². The monoisotopic (exact) mass is 323 g/mol. The molecule has 0 spiro atoms. The Morgan fingerprint density at radius 3 is 2.59 bits per heavy atom. The van der Waals surface area contributed by atoms with E-state index in [-0.39, 0.29) is 30.1 Å². The quantitative estimate of drug-likeness (QED) is 0.835. The summed E-state index contributed by atoms with van der Waals surface area (Å²) in [4.78, 5) is 37.4. The van der Waals surface area contributed by atoms with Crippen LogP contribution < -0.4 is 10.6 Å². The van der Waals surface area contributed by atoms with Gasteiger partial charge in [0, 0.05) is 33.0 Å². The molecular weight excluding hydrogens is 302 g/mol. The molecule has 1 aromatic rings. The number of carbonyl (C=O) groups is 3. The van der Waals surface area contributed by atoms with Crippen LogP contribution in [0.3, 0.4) is 0 Å². The molecule has 2 rings (SSSR count). The lowest BCUT2D eigenvalue weighted by molar-refractivity contribution is -0.128. The molecular formula is C15H21N3O3S. The van der Waals surface area contributed by atoms with Gasteiger partial charge in [0.15, 0.2) is 0 Å². The maximum Gasteiger partial charge on any atom is 0.261 e. The van der Waals surface area contributed by atoms with Crippen molar-refractivity contribution in [2.75, 3.05) is 26.0 Å². The number of aryl methyl sites for hydroxylation is 1. The number of amides is 3. The van der Waals surface area contributed by atoms with Gasteiger partial charge >= 0.3 is 0 Å². The molecule has 2 N–H and O–H groups in total. The van der Waals surface area contributed by atoms with E-state index in [9.17, 15) is 14.4 Å². The molecule has 0 bridgehead atoms. The zero-order valence-electron chi connectivity index (χ0n) is 13.1. The molecule has 0 aromatic carbocycles. The molecule has 1 aromatic heterocycles. The second-order valence-electron chi connectivity index (χ2n) is 5.68. The molecule has 1 fully saturated rings. The van der Waals surface area contributed by atoms with Gasteiger partial charge in [0.05, 0.1) is 9.88 Å². The van der Waals surface area contributed by atoms with Crippen LogP contribution >= 0.6 is 11.3 Å². The Kier molecular flexibility index (Phi) is 5.18. The minimum absolute atomic E-state index is 0.0272. The van der Waals surface area contributed by atoms with Crippen molar-refractivity contribution in [1.29, 1.82) is 0 Å². The minimum atomic E-state index is -0.207. The van der Waals surface area contributed by atoms with Gasteiger partial charge in [0.25, 0.3) is 5.91 Å². The van der Waals surface area contributed by atoms with E-state index in [2.05, 4.69) is 10.6 Å². The first-order valence-electron chi connectivity index (χ1n) is 7.28. The molecule has 0 unspecified atom stereocenters. The summed E-state index contributed by atoms with van der Waals surface area (Å²) < 4.78 is 0. The van der Waals surface area contributed by atoms with Crippen molar-refractivity contribution >= 4 is 34.1 Å². The summed E-state index contributed by atoms with van der Waals surface area (Å²) in [5, 5.41) is 6.28. The predicted molar refractivity (Wildman–Crippen MR) is 86.1 cm³/mol. The Labute approximate surface area is 133 Å². The third-order valence-electron chi connectivity index (χ3n) is 3.44. The fraction of sp³-hybridized carbons (Fsp3) is 0.533. The van der Waals surface area contributed by atoms with Gasteiger partial charge in [-0.1, -0.05) is 0 Å². The van der Waals surface area contributed by atoms with Gasteiger partial charge in [-0.15, -0.1) is 11.3 Å². The van der Waals surface area contributed by atoms with Crippen molar-refractivity contribution in [3.05, 3.63) is 16.5 Å². The molecule has 0 atom stereocenters. The van der Waals surface area contributed by atoms with E-state index in [0.29, 0.717) is 16.4 Å². The largest absolute Gasteiger partial charge is 0.351 e. The highest BCUT2D eigenvalue weighted by atomic mass is 32.1. The van der Waals surface area contributed by atoms with Crippen molar-refractivity contribution in [3.8, 4) is 0 Å². The lowest BCUT2D eigenvalue weighted by atomic mass is 10.2. The van der Waals surface area contributed by atoms with E-state index >= 15 is 0 Å². The zero-order chi connectivity index (χ0) is 16.3. The maximum absolute atomic E-state index is 12.1. The van der Waals surface area contributed by atoms with Gasteiger partial charge in [-0.2, -0.15) is 0 Å². The second-order valence-corrected chi connectivity index (χ2v) is 6.73. The summed E-state index contributed by atoms with van der Waals surface area (Å²) in [7, 11) is 3.37. The summed E-state index contributed by atoms with van der Waals surface area (Å²) in [6.45, 7) is 2.14. The number of nitrogens with one attached hydrogen (secondary N) is 2. The Hall–Kier alpha value is -1.89. The molecule has 0 aliphatic heterocycles. The number of hydrogen-bond acceptors (Lipinski definition) is 4. The van der Waals surface area contributed by atoms with Crippen LogP contribution in [0.15, 0.2) is 6.07 Å². The molecule has 120 valence electrons. The average Bonchev–Trinajstić information content (AvgIpc) is 3.23. The second kappa shape index (κ2) is 6.91. The van der Waals surface area contributed by atoms with Gasteiger partial charge in [0.1, 0.15) is 0 Å². The normalized spacial score (nSPS) is 13.6. The van der Waals surface area contributed by atoms with Gasteiger partial charge in [-0.3, -0.25) is 14.4 Å². The first-order valence-corrected chi connectivity index (χ1v) is 8.09. The van der Waals surface area contributed by atoms with Crippen molar-refractivity contribution in [2.45, 2.75) is 26.2 Å². The fourth-order valence-corrected chi connectivity index (χ4v) is 2.92. The summed E-state index contributed by atoms with van der Waals surface area (Å²) in [5.41, 5.74) is 0.826. The third-order valence-corrected chi connectivity index (χ3v) is 4.59. The van der Waals surface area contributed by atoms with E-state index in [1.165, 1.54) is 16.2 Å². The van der Waals surface area contributed by atoms with E-state index in [4.69, 9.17) is 0 Å². The first-order chi connectivity index (χ1) is 10.4. The van der Waals surface area contributed by atoms with Gasteiger partial charge in [-0.25, -0.2) is 0 Å². The molecule has 1 aliphatic carbocycles. The predicted octanol–water partition coefficient (Wildman–Crippen LogP) is 1.61. The van der Waals surface area contributed by atoms with Crippen molar-refractivity contribution in [1.82, 2.24) is 10.2 Å². The Balaban J connectivity index is 1.88. The number of hydrogen-bond donors (Lipinski definition) is 2. The third kappa shape index (κ3) is 4.30. The highest BCUT2D eigenvalue weighted by Crippen LogP contribution is 2.32. The number of carbonyl (C=O) groups excluding carboxylic acids is 3. The molecule has 3 amide bonds. The number of anilines is 1. The van der Waals surface area contributed by atoms with E-state index in [0.717, 1.165) is 18.4 Å². The lowest BCUT2D eigenvalue weighted by Crippen LogP contribution is -2.30. The van der Waals surface area contributed by atoms with Crippen LogP contribution in [-0.2, 0) is 9.59 Å². The van der Waals surface area contributed by atoms with Gasteiger partial charge in [-0.05, 0) is 31.4 Å². The highest BCUT2D eigenvalue weighted by Gasteiger charge is 2.30. The molecule has 1 saturated carbocycles. The molecule has 1 aliphatic rings. The smallest absolute Gasteiger partial charge is 0.261 e. The van der Waals surface area contributed by atoms with Crippen LogP contribution in [0.25, 0.3) is 0 Å². The highest BCUT2D eigenvalue weighted by molar-refractivity contribution is 7.18. The zero-order valence-corrected chi connectivity index (χ0v) is 13.9. The fourth-order valence-electron chi connectivity index (χ4n) is 1.92. The number of thiophene rings is 1. The van der Waals surface area contributed by atoms with Crippen molar-refractivity contribution < 1.29 is 14.4 Å². The Bertz CT molecular complexity index is 591. The van der Waals surface area contributed by atoms with Crippen LogP contribution in [0, 0.1) is 12.8 Å². The summed E-state index contributed by atoms with van der Waals surface area (Å²) in [6.07, 6.45) is 2.17. The van der Waals surface area contributed by atoms with Crippen LogP contribution in [-0.4, -0.2) is 43.3 Å². The molecule has 7 heteroatoms. The Morgan fingerprint density at radius 1 is 1.32 bits per heavy atom. The molecule has 22 heavy (non-hydrogen) atoms. The van der Waals surface area contributed by atoms with Crippen LogP contribution in [0.1, 0.15) is 34.5 Å². The minimum Gasteiger partial charge on any atom is -0.351 e. The van der Waals surface area contributed by atoms with Crippen LogP contribution in [0.2, 0.25) is 0 Å². The number of rotatable bonds is 6. The average molecular weight is 323 g/mol. The maximum atomic E-state index is 12.1. The van der Waals surface area contributed by atoms with Crippen molar-refractivity contribution in [3.63, 3.8) is 0 Å². The van der Waals surface area contributed by atoms with E-state index in [1.54, 1.807) is 14.1 Å². The lowest BCUT2D eigenvalue weighted by Gasteiger charge is -2.10. The standard InChI is InChI=1S/C15H21N3O3S/c1-9-8-11(17-14(20)10-4-5-10)22-13(9)15(21)16-7-6-12(19)18(2)3/h8,10H,4-7H2,1-3H3,(H,16,21)(H,17,20). The van der Waals surface area contributed by atoms with E-state index < -0.39 is 0 Å². The summed E-state index contributed by atoms with van der Waals surface area (Å²) in [5.74, 6) is -0.0666. The molecule has 6 nitrogen and oxygen atoms in total. The van der Waals surface area contributed by atoms with E-state index in [1.807, 2.05) is 13.0 Å². The van der Waals surface area contributed by atoms with Crippen LogP contribution in [0.5, 0.6) is 0 Å². The Morgan fingerprint density at radius 2 is 2.00 bits per heavy atom. The SMILES string of the molecule is Cc1cc(NC(=O)C2CC2)sc1C(=O)NCCC(=O)N(C)C. The summed E-state index contributed by atoms with van der Waals surface area (Å²) in [6, 6.07) is 1.81. The van der Waals surface area contributed by atoms with Gasteiger partial charge in [0.2, 0.25) is 11.8 Å².